The Labute approximate surface area is 127 Å². The predicted octanol–water partition coefficient (Wildman–Crippen LogP) is 5.37. The van der Waals surface area contributed by atoms with Crippen LogP contribution in [0.3, 0.4) is 0 Å². The Hall–Kier alpha value is -1.56. The highest BCUT2D eigenvalue weighted by atomic mass is 35.5. The minimum atomic E-state index is -0.556. The molecule has 0 fully saturated rings. The van der Waals surface area contributed by atoms with E-state index in [9.17, 15) is 9.65 Å². The van der Waals surface area contributed by atoms with Gasteiger partial charge in [-0.05, 0) is 42.7 Å². The van der Waals surface area contributed by atoms with Crippen molar-refractivity contribution in [3.05, 3.63) is 69.5 Å². The zero-order valence-electron chi connectivity index (χ0n) is 10.6. The first-order valence-corrected chi connectivity index (χ1v) is 6.95. The first kappa shape index (κ1) is 14.8. The molecule has 0 N–H and O–H groups in total. The summed E-state index contributed by atoms with van der Waals surface area (Å²) in [6.07, 6.45) is 1.18. The van der Waals surface area contributed by atoms with Gasteiger partial charge in [-0.3, -0.25) is 0 Å². The zero-order chi connectivity index (χ0) is 14.5. The second-order valence-corrected chi connectivity index (χ2v) is 5.33. The number of benzene rings is 2. The van der Waals surface area contributed by atoms with E-state index < -0.39 is 11.7 Å². The van der Waals surface area contributed by atoms with E-state index >= 15 is 0 Å². The molecule has 0 spiro atoms. The lowest BCUT2D eigenvalue weighted by Gasteiger charge is -2.12. The number of nitrogens with zero attached hydrogens (tertiary/aromatic N) is 1. The zero-order valence-corrected chi connectivity index (χ0v) is 12.1. The first-order chi connectivity index (χ1) is 9.61. The Bertz CT molecular complexity index is 612. The molecule has 2 aromatic rings. The third kappa shape index (κ3) is 3.50. The molecule has 102 valence electrons. The van der Waals surface area contributed by atoms with E-state index in [2.05, 4.69) is 6.07 Å². The van der Waals surface area contributed by atoms with Crippen LogP contribution in [0.2, 0.25) is 10.0 Å². The fourth-order valence-electron chi connectivity index (χ4n) is 2.08. The average molecular weight is 308 g/mol. The summed E-state index contributed by atoms with van der Waals surface area (Å²) in [6.45, 7) is 0. The van der Waals surface area contributed by atoms with Crippen molar-refractivity contribution < 1.29 is 4.39 Å². The highest BCUT2D eigenvalue weighted by Crippen LogP contribution is 2.30. The highest BCUT2D eigenvalue weighted by molar-refractivity contribution is 6.31. The normalized spacial score (nSPS) is 11.9. The van der Waals surface area contributed by atoms with Gasteiger partial charge in [0.1, 0.15) is 5.82 Å². The van der Waals surface area contributed by atoms with Gasteiger partial charge in [0.2, 0.25) is 0 Å². The van der Waals surface area contributed by atoms with Gasteiger partial charge in [0.25, 0.3) is 0 Å². The van der Waals surface area contributed by atoms with Gasteiger partial charge in [-0.15, -0.1) is 0 Å². The van der Waals surface area contributed by atoms with Crippen LogP contribution in [0, 0.1) is 17.1 Å². The van der Waals surface area contributed by atoms with E-state index in [1.807, 2.05) is 12.1 Å². The number of hydrogen-bond acceptors (Lipinski definition) is 1. The molecule has 2 aromatic carbocycles. The van der Waals surface area contributed by atoms with Gasteiger partial charge in [0.15, 0.2) is 0 Å². The minimum absolute atomic E-state index is 0.283. The Morgan fingerprint density at radius 2 is 1.80 bits per heavy atom. The second-order valence-electron chi connectivity index (χ2n) is 4.48. The first-order valence-electron chi connectivity index (χ1n) is 6.20. The average Bonchev–Trinajstić information content (AvgIpc) is 2.44. The molecule has 1 nitrogen and oxygen atoms in total. The lowest BCUT2D eigenvalue weighted by molar-refractivity contribution is 0.592. The van der Waals surface area contributed by atoms with E-state index in [1.165, 1.54) is 12.1 Å². The smallest absolute Gasteiger partial charge is 0.129 e. The van der Waals surface area contributed by atoms with Crippen LogP contribution < -0.4 is 0 Å². The molecule has 0 bridgehead atoms. The molecule has 0 aliphatic carbocycles. The topological polar surface area (TPSA) is 23.8 Å². The van der Waals surface area contributed by atoms with Crippen LogP contribution in [0.5, 0.6) is 0 Å². The van der Waals surface area contributed by atoms with Crippen molar-refractivity contribution in [3.8, 4) is 6.07 Å². The Kier molecular flexibility index (Phi) is 5.00. The second kappa shape index (κ2) is 6.74. The summed E-state index contributed by atoms with van der Waals surface area (Å²) in [7, 11) is 0. The van der Waals surface area contributed by atoms with Crippen molar-refractivity contribution >= 4 is 23.2 Å². The van der Waals surface area contributed by atoms with Crippen molar-refractivity contribution in [2.75, 3.05) is 0 Å². The third-order valence-corrected chi connectivity index (χ3v) is 3.72. The number of aryl methyl sites for hydroxylation is 1. The van der Waals surface area contributed by atoms with Crippen LogP contribution in [-0.2, 0) is 6.42 Å². The molecule has 0 aliphatic rings. The molecule has 0 aromatic heterocycles. The van der Waals surface area contributed by atoms with Crippen LogP contribution in [0.4, 0.5) is 4.39 Å². The Balaban J connectivity index is 2.14. The molecular weight excluding hydrogens is 296 g/mol. The monoisotopic (exact) mass is 307 g/mol. The number of halogens is 3. The summed E-state index contributed by atoms with van der Waals surface area (Å²) in [5, 5.41) is 10.2. The van der Waals surface area contributed by atoms with E-state index in [0.29, 0.717) is 22.9 Å². The van der Waals surface area contributed by atoms with Crippen LogP contribution in [-0.4, -0.2) is 0 Å². The molecule has 0 heterocycles. The molecule has 1 unspecified atom stereocenters. The summed E-state index contributed by atoms with van der Waals surface area (Å²) in [4.78, 5) is 0. The Morgan fingerprint density at radius 1 is 1.10 bits per heavy atom. The number of hydrogen-bond donors (Lipinski definition) is 0. The molecule has 2 rings (SSSR count). The summed E-state index contributed by atoms with van der Waals surface area (Å²) in [5.74, 6) is -0.987. The van der Waals surface area contributed by atoms with E-state index in [1.54, 1.807) is 18.2 Å². The highest BCUT2D eigenvalue weighted by Gasteiger charge is 2.18. The largest absolute Gasteiger partial charge is 0.207 e. The molecule has 0 saturated carbocycles. The lowest BCUT2D eigenvalue weighted by Crippen LogP contribution is -2.02. The summed E-state index contributed by atoms with van der Waals surface area (Å²) >= 11 is 11.8. The predicted molar refractivity (Wildman–Crippen MR) is 79.5 cm³/mol. The molecule has 20 heavy (non-hydrogen) atoms. The van der Waals surface area contributed by atoms with Crippen molar-refractivity contribution in [1.29, 1.82) is 5.26 Å². The van der Waals surface area contributed by atoms with Gasteiger partial charge in [0, 0.05) is 15.6 Å². The lowest BCUT2D eigenvalue weighted by atomic mass is 9.93. The third-order valence-electron chi connectivity index (χ3n) is 3.14. The van der Waals surface area contributed by atoms with Gasteiger partial charge in [-0.25, -0.2) is 4.39 Å². The van der Waals surface area contributed by atoms with Crippen molar-refractivity contribution in [2.45, 2.75) is 18.8 Å². The Morgan fingerprint density at radius 3 is 2.40 bits per heavy atom. The van der Waals surface area contributed by atoms with Gasteiger partial charge in [-0.2, -0.15) is 5.26 Å². The molecular formula is C16H12Cl2FN. The standard InChI is InChI=1S/C16H12Cl2FN/c17-13-8-5-11(6-9-13)4-7-12(10-20)16-14(18)2-1-3-15(16)19/h1-3,5-6,8-9,12H,4,7H2. The summed E-state index contributed by atoms with van der Waals surface area (Å²) in [6, 6.07) is 14.0. The number of nitriles is 1. The quantitative estimate of drug-likeness (QED) is 0.744. The van der Waals surface area contributed by atoms with Crippen LogP contribution in [0.1, 0.15) is 23.5 Å². The fraction of sp³-hybridized carbons (Fsp3) is 0.188. The molecule has 0 radical (unpaired) electrons. The maximum atomic E-state index is 13.8. The summed E-state index contributed by atoms with van der Waals surface area (Å²) < 4.78 is 13.8. The van der Waals surface area contributed by atoms with Crippen molar-refractivity contribution in [2.24, 2.45) is 0 Å². The molecule has 0 aliphatic heterocycles. The van der Waals surface area contributed by atoms with Gasteiger partial charge in [-0.1, -0.05) is 41.4 Å². The molecule has 1 atom stereocenters. The van der Waals surface area contributed by atoms with Crippen molar-refractivity contribution in [3.63, 3.8) is 0 Å². The summed E-state index contributed by atoms with van der Waals surface area (Å²) in [5.41, 5.74) is 1.34. The van der Waals surface area contributed by atoms with Crippen LogP contribution in [0.25, 0.3) is 0 Å². The van der Waals surface area contributed by atoms with Gasteiger partial charge >= 0.3 is 0 Å². The maximum absolute atomic E-state index is 13.8. The minimum Gasteiger partial charge on any atom is -0.207 e. The van der Waals surface area contributed by atoms with Crippen LogP contribution in [0.15, 0.2) is 42.5 Å². The SMILES string of the molecule is N#CC(CCc1ccc(Cl)cc1)c1c(F)cccc1Cl. The number of rotatable bonds is 4. The van der Waals surface area contributed by atoms with Gasteiger partial charge in [0.05, 0.1) is 12.0 Å². The van der Waals surface area contributed by atoms with E-state index in [0.717, 1.165) is 5.56 Å². The van der Waals surface area contributed by atoms with Crippen molar-refractivity contribution in [1.82, 2.24) is 0 Å². The van der Waals surface area contributed by atoms with Crippen LogP contribution >= 0.6 is 23.2 Å². The molecule has 0 saturated heterocycles. The van der Waals surface area contributed by atoms with Gasteiger partial charge < -0.3 is 0 Å². The van der Waals surface area contributed by atoms with E-state index in [4.69, 9.17) is 23.2 Å². The molecule has 0 amide bonds. The maximum Gasteiger partial charge on any atom is 0.129 e. The fourth-order valence-corrected chi connectivity index (χ4v) is 2.50. The van der Waals surface area contributed by atoms with E-state index in [-0.39, 0.29) is 5.56 Å². The molecule has 4 heteroatoms.